The molecule has 224 valence electrons. The first-order valence-electron chi connectivity index (χ1n) is 16.1. The predicted octanol–water partition coefficient (Wildman–Crippen LogP) is 10.7. The van der Waals surface area contributed by atoms with Gasteiger partial charge in [-0.05, 0) is 63.2 Å². The molecule has 1 aliphatic carbocycles. The Morgan fingerprint density at radius 3 is 1.89 bits per heavy atom. The van der Waals surface area contributed by atoms with Crippen LogP contribution < -0.4 is 0 Å². The highest BCUT2D eigenvalue weighted by Gasteiger charge is 2.35. The standard InChI is InChI=1S/C43H31N3O/c1-43(2)35-18-10-9-17-32(35)33-22-20-30(25-36(33)43)29-21-23-37-34(24-29)40-31(16-11-19-38(40)47-37)26-39-44-41(27-12-5-3-6-13-27)46-42(45-39)28-14-7-4-8-15-28/h3-25H,26H2,1-2H3. The summed E-state index contributed by atoms with van der Waals surface area (Å²) in [5.74, 6) is 2.06. The van der Waals surface area contributed by atoms with E-state index in [1.807, 2.05) is 66.7 Å². The Labute approximate surface area is 273 Å². The largest absolute Gasteiger partial charge is 0.456 e. The van der Waals surface area contributed by atoms with Crippen molar-refractivity contribution in [2.24, 2.45) is 0 Å². The van der Waals surface area contributed by atoms with Crippen LogP contribution in [0.25, 0.3) is 67.0 Å². The molecule has 0 bridgehead atoms. The fourth-order valence-corrected chi connectivity index (χ4v) is 7.21. The molecule has 9 rings (SSSR count). The van der Waals surface area contributed by atoms with Gasteiger partial charge < -0.3 is 4.42 Å². The summed E-state index contributed by atoms with van der Waals surface area (Å²) in [5.41, 5.74) is 12.5. The molecular weight excluding hydrogens is 574 g/mol. The molecule has 4 heteroatoms. The van der Waals surface area contributed by atoms with Crippen molar-refractivity contribution in [1.82, 2.24) is 15.0 Å². The van der Waals surface area contributed by atoms with Gasteiger partial charge in [0.05, 0.1) is 0 Å². The first-order chi connectivity index (χ1) is 23.0. The Morgan fingerprint density at radius 2 is 1.15 bits per heavy atom. The second-order valence-corrected chi connectivity index (χ2v) is 12.8. The van der Waals surface area contributed by atoms with Crippen LogP contribution in [0.5, 0.6) is 0 Å². The summed E-state index contributed by atoms with van der Waals surface area (Å²) in [4.78, 5) is 14.8. The summed E-state index contributed by atoms with van der Waals surface area (Å²) >= 11 is 0. The lowest BCUT2D eigenvalue weighted by molar-refractivity contribution is 0.660. The molecule has 0 N–H and O–H groups in total. The van der Waals surface area contributed by atoms with Gasteiger partial charge in [-0.25, -0.2) is 15.0 Å². The van der Waals surface area contributed by atoms with E-state index < -0.39 is 0 Å². The van der Waals surface area contributed by atoms with Gasteiger partial charge in [0.1, 0.15) is 17.0 Å². The third-order valence-corrected chi connectivity index (χ3v) is 9.59. The van der Waals surface area contributed by atoms with Crippen molar-refractivity contribution in [2.75, 3.05) is 0 Å². The molecule has 0 aliphatic heterocycles. The highest BCUT2D eigenvalue weighted by Crippen LogP contribution is 2.49. The van der Waals surface area contributed by atoms with Gasteiger partial charge in [-0.3, -0.25) is 0 Å². The maximum atomic E-state index is 6.40. The van der Waals surface area contributed by atoms with E-state index in [4.69, 9.17) is 19.4 Å². The van der Waals surface area contributed by atoms with Crippen LogP contribution in [-0.2, 0) is 11.8 Å². The zero-order valence-corrected chi connectivity index (χ0v) is 26.2. The number of fused-ring (bicyclic) bond motifs is 6. The quantitative estimate of drug-likeness (QED) is 0.196. The average molecular weight is 606 g/mol. The molecule has 0 atom stereocenters. The van der Waals surface area contributed by atoms with Crippen molar-refractivity contribution < 1.29 is 4.42 Å². The van der Waals surface area contributed by atoms with E-state index in [1.54, 1.807) is 0 Å². The van der Waals surface area contributed by atoms with E-state index >= 15 is 0 Å². The van der Waals surface area contributed by atoms with E-state index in [0.717, 1.165) is 44.5 Å². The summed E-state index contributed by atoms with van der Waals surface area (Å²) < 4.78 is 6.40. The van der Waals surface area contributed by atoms with Gasteiger partial charge >= 0.3 is 0 Å². The fourth-order valence-electron chi connectivity index (χ4n) is 7.21. The number of benzene rings is 6. The fraction of sp³-hybridized carbons (Fsp3) is 0.0930. The average Bonchev–Trinajstić information content (AvgIpc) is 3.61. The molecular formula is C43H31N3O. The Hall–Kier alpha value is -5.87. The number of rotatable bonds is 5. The second kappa shape index (κ2) is 10.6. The number of aromatic nitrogens is 3. The first-order valence-corrected chi connectivity index (χ1v) is 16.1. The van der Waals surface area contributed by atoms with Crippen LogP contribution in [-0.4, -0.2) is 15.0 Å². The lowest BCUT2D eigenvalue weighted by Crippen LogP contribution is -2.14. The summed E-state index contributed by atoms with van der Waals surface area (Å²) in [6.45, 7) is 4.65. The first kappa shape index (κ1) is 27.4. The van der Waals surface area contributed by atoms with Crippen molar-refractivity contribution in [3.63, 3.8) is 0 Å². The van der Waals surface area contributed by atoms with Crippen LogP contribution in [0.3, 0.4) is 0 Å². The van der Waals surface area contributed by atoms with Crippen molar-refractivity contribution in [2.45, 2.75) is 25.7 Å². The summed E-state index contributed by atoms with van der Waals surface area (Å²) in [7, 11) is 0. The number of furan rings is 1. The Morgan fingerprint density at radius 1 is 0.511 bits per heavy atom. The number of hydrogen-bond acceptors (Lipinski definition) is 4. The maximum Gasteiger partial charge on any atom is 0.163 e. The minimum absolute atomic E-state index is 0.0523. The second-order valence-electron chi connectivity index (χ2n) is 12.8. The molecule has 0 saturated heterocycles. The molecule has 0 fully saturated rings. The van der Waals surface area contributed by atoms with Crippen molar-refractivity contribution in [3.8, 4) is 45.0 Å². The topological polar surface area (TPSA) is 51.8 Å². The van der Waals surface area contributed by atoms with Gasteiger partial charge in [0.2, 0.25) is 0 Å². The van der Waals surface area contributed by atoms with Crippen LogP contribution in [0.1, 0.15) is 36.4 Å². The smallest absolute Gasteiger partial charge is 0.163 e. The molecule has 0 radical (unpaired) electrons. The zero-order valence-electron chi connectivity index (χ0n) is 26.2. The monoisotopic (exact) mass is 605 g/mol. The Kier molecular flexibility index (Phi) is 6.19. The van der Waals surface area contributed by atoms with Crippen LogP contribution in [0.4, 0.5) is 0 Å². The van der Waals surface area contributed by atoms with Gasteiger partial charge in [0.15, 0.2) is 11.6 Å². The van der Waals surface area contributed by atoms with Crippen molar-refractivity contribution in [1.29, 1.82) is 0 Å². The summed E-state index contributed by atoms with van der Waals surface area (Å²) in [6, 6.07) is 48.7. The molecule has 0 unspecified atom stereocenters. The molecule has 2 heterocycles. The van der Waals surface area contributed by atoms with Gasteiger partial charge in [-0.1, -0.05) is 129 Å². The van der Waals surface area contributed by atoms with Crippen molar-refractivity contribution >= 4 is 21.9 Å². The molecule has 0 saturated carbocycles. The minimum atomic E-state index is -0.0523. The van der Waals surface area contributed by atoms with E-state index in [0.29, 0.717) is 18.1 Å². The molecule has 0 spiro atoms. The summed E-state index contributed by atoms with van der Waals surface area (Å²) in [5, 5.41) is 2.19. The molecule has 0 amide bonds. The zero-order chi connectivity index (χ0) is 31.5. The number of hydrogen-bond donors (Lipinski definition) is 0. The Bertz CT molecular complexity index is 2400. The van der Waals surface area contributed by atoms with E-state index in [2.05, 4.69) is 86.6 Å². The molecule has 8 aromatic rings. The predicted molar refractivity (Wildman–Crippen MR) is 190 cm³/mol. The molecule has 4 nitrogen and oxygen atoms in total. The lowest BCUT2D eigenvalue weighted by Gasteiger charge is -2.22. The molecule has 47 heavy (non-hydrogen) atoms. The maximum absolute atomic E-state index is 6.40. The van der Waals surface area contributed by atoms with E-state index in [1.165, 1.54) is 33.4 Å². The Balaban J connectivity index is 1.15. The third kappa shape index (κ3) is 4.56. The SMILES string of the molecule is CC1(C)c2ccccc2-c2ccc(-c3ccc4oc5cccc(Cc6nc(-c7ccccc7)nc(-c7ccccc7)n6)c5c4c3)cc21. The molecule has 6 aromatic carbocycles. The lowest BCUT2D eigenvalue weighted by atomic mass is 9.81. The van der Waals surface area contributed by atoms with Crippen LogP contribution >= 0.6 is 0 Å². The third-order valence-electron chi connectivity index (χ3n) is 9.59. The highest BCUT2D eigenvalue weighted by atomic mass is 16.3. The van der Waals surface area contributed by atoms with Crippen LogP contribution in [0.2, 0.25) is 0 Å². The van der Waals surface area contributed by atoms with E-state index in [9.17, 15) is 0 Å². The highest BCUT2D eigenvalue weighted by molar-refractivity contribution is 6.08. The number of nitrogens with zero attached hydrogens (tertiary/aromatic N) is 3. The van der Waals surface area contributed by atoms with Gasteiger partial charge in [0.25, 0.3) is 0 Å². The molecule has 1 aliphatic rings. The van der Waals surface area contributed by atoms with Crippen molar-refractivity contribution in [3.05, 3.63) is 162 Å². The normalized spacial score (nSPS) is 13.1. The van der Waals surface area contributed by atoms with Gasteiger partial charge in [-0.15, -0.1) is 0 Å². The van der Waals surface area contributed by atoms with Crippen LogP contribution in [0, 0.1) is 0 Å². The van der Waals surface area contributed by atoms with Gasteiger partial charge in [-0.2, -0.15) is 0 Å². The van der Waals surface area contributed by atoms with E-state index in [-0.39, 0.29) is 5.41 Å². The molecule has 2 aromatic heterocycles. The van der Waals surface area contributed by atoms with Crippen LogP contribution in [0.15, 0.2) is 144 Å². The van der Waals surface area contributed by atoms with Gasteiger partial charge in [0, 0.05) is 33.7 Å². The minimum Gasteiger partial charge on any atom is -0.456 e. The summed E-state index contributed by atoms with van der Waals surface area (Å²) in [6.07, 6.45) is 0.545.